The largest absolute Gasteiger partial charge is 0.0877 e. The predicted molar refractivity (Wildman–Crippen MR) is 92.4 cm³/mol. The van der Waals surface area contributed by atoms with Gasteiger partial charge in [-0.3, -0.25) is 0 Å². The van der Waals surface area contributed by atoms with Crippen LogP contribution in [0.1, 0.15) is 69.4 Å². The molecule has 1 rings (SSSR count). The lowest BCUT2D eigenvalue weighted by Gasteiger charge is -2.21. The third-order valence-corrected chi connectivity index (χ3v) is 4.16. The second-order valence-corrected chi connectivity index (χ2v) is 5.31. The molecule has 0 aromatic heterocycles. The molecule has 0 heterocycles. The molecule has 0 fully saturated rings. The number of benzene rings is 1. The average Bonchev–Trinajstić information content (AvgIpc) is 2.49. The van der Waals surface area contributed by atoms with E-state index in [1.807, 2.05) is 0 Å². The fourth-order valence-electron chi connectivity index (χ4n) is 3.16. The van der Waals surface area contributed by atoms with E-state index >= 15 is 0 Å². The zero-order valence-electron chi connectivity index (χ0n) is 14.1. The Morgan fingerprint density at radius 2 is 1.50 bits per heavy atom. The van der Waals surface area contributed by atoms with Crippen LogP contribution in [-0.4, -0.2) is 0 Å². The van der Waals surface area contributed by atoms with Gasteiger partial charge in [-0.1, -0.05) is 52.0 Å². The van der Waals surface area contributed by atoms with Gasteiger partial charge in [0.15, 0.2) is 0 Å². The molecule has 0 saturated carbocycles. The van der Waals surface area contributed by atoms with E-state index < -0.39 is 0 Å². The fourth-order valence-corrected chi connectivity index (χ4v) is 3.16. The van der Waals surface area contributed by atoms with Crippen LogP contribution in [-0.2, 0) is 25.7 Å². The Balaban J connectivity index is 3.59. The molecule has 110 valence electrons. The SMILES string of the molecule is CC=CC=C(C)c1cc(CC)c(CC)c(CC)c1CC. The molecule has 0 unspecified atom stereocenters. The van der Waals surface area contributed by atoms with Crippen LogP contribution in [0.2, 0.25) is 0 Å². The van der Waals surface area contributed by atoms with Gasteiger partial charge in [0.25, 0.3) is 0 Å². The summed E-state index contributed by atoms with van der Waals surface area (Å²) in [4.78, 5) is 0. The highest BCUT2D eigenvalue weighted by molar-refractivity contribution is 5.71. The van der Waals surface area contributed by atoms with Crippen molar-refractivity contribution in [1.29, 1.82) is 0 Å². The Labute approximate surface area is 125 Å². The van der Waals surface area contributed by atoms with Gasteiger partial charge >= 0.3 is 0 Å². The van der Waals surface area contributed by atoms with Crippen LogP contribution in [0.15, 0.2) is 24.3 Å². The van der Waals surface area contributed by atoms with Crippen LogP contribution in [0.4, 0.5) is 0 Å². The van der Waals surface area contributed by atoms with E-state index in [0.29, 0.717) is 0 Å². The smallest absolute Gasteiger partial charge is 0.0190 e. The maximum absolute atomic E-state index is 2.44. The van der Waals surface area contributed by atoms with Gasteiger partial charge in [0, 0.05) is 0 Å². The molecule has 0 bridgehead atoms. The molecule has 0 radical (unpaired) electrons. The summed E-state index contributed by atoms with van der Waals surface area (Å²) in [5, 5.41) is 0. The fraction of sp³-hybridized carbons (Fsp3) is 0.500. The van der Waals surface area contributed by atoms with Crippen LogP contribution < -0.4 is 0 Å². The molecule has 0 nitrogen and oxygen atoms in total. The van der Waals surface area contributed by atoms with E-state index in [9.17, 15) is 0 Å². The zero-order valence-corrected chi connectivity index (χ0v) is 14.1. The lowest BCUT2D eigenvalue weighted by molar-refractivity contribution is 0.940. The van der Waals surface area contributed by atoms with E-state index in [1.165, 1.54) is 16.7 Å². The average molecular weight is 270 g/mol. The van der Waals surface area contributed by atoms with Crippen LogP contribution in [0.3, 0.4) is 0 Å². The summed E-state index contributed by atoms with van der Waals surface area (Å²) in [7, 11) is 0. The van der Waals surface area contributed by atoms with Gasteiger partial charge in [0.1, 0.15) is 0 Å². The van der Waals surface area contributed by atoms with Gasteiger partial charge in [0.05, 0.1) is 0 Å². The lowest BCUT2D eigenvalue weighted by atomic mass is 9.84. The van der Waals surface area contributed by atoms with Crippen molar-refractivity contribution in [1.82, 2.24) is 0 Å². The van der Waals surface area contributed by atoms with E-state index in [1.54, 1.807) is 16.7 Å². The molecule has 0 aliphatic rings. The molecule has 0 aliphatic heterocycles. The van der Waals surface area contributed by atoms with Gasteiger partial charge in [-0.05, 0) is 72.9 Å². The lowest BCUT2D eigenvalue weighted by Crippen LogP contribution is -2.06. The molecule has 0 atom stereocenters. The summed E-state index contributed by atoms with van der Waals surface area (Å²) in [5.74, 6) is 0. The van der Waals surface area contributed by atoms with Crippen LogP contribution in [0.5, 0.6) is 0 Å². The molecule has 0 N–H and O–H groups in total. The number of aryl methyl sites for hydroxylation is 1. The van der Waals surface area contributed by atoms with Gasteiger partial charge in [-0.15, -0.1) is 0 Å². The summed E-state index contributed by atoms with van der Waals surface area (Å²) >= 11 is 0. The highest BCUT2D eigenvalue weighted by Gasteiger charge is 2.14. The van der Waals surface area contributed by atoms with Crippen LogP contribution in [0, 0.1) is 0 Å². The normalized spacial score (nSPS) is 12.4. The Kier molecular flexibility index (Phi) is 6.78. The minimum absolute atomic E-state index is 1.12. The molecule has 0 saturated heterocycles. The quantitative estimate of drug-likeness (QED) is 0.563. The van der Waals surface area contributed by atoms with Crippen molar-refractivity contribution in [2.75, 3.05) is 0 Å². The minimum atomic E-state index is 1.12. The number of hydrogen-bond acceptors (Lipinski definition) is 0. The molecule has 0 heteroatoms. The summed E-state index contributed by atoms with van der Waals surface area (Å²) < 4.78 is 0. The van der Waals surface area contributed by atoms with Gasteiger partial charge in [-0.2, -0.15) is 0 Å². The van der Waals surface area contributed by atoms with Crippen molar-refractivity contribution in [2.45, 2.75) is 67.2 Å². The number of rotatable bonds is 6. The third kappa shape index (κ3) is 3.42. The monoisotopic (exact) mass is 270 g/mol. The van der Waals surface area contributed by atoms with E-state index in [0.717, 1.165) is 25.7 Å². The summed E-state index contributed by atoms with van der Waals surface area (Å²) in [5.41, 5.74) is 9.11. The van der Waals surface area contributed by atoms with Crippen molar-refractivity contribution >= 4 is 5.57 Å². The molecule has 0 aliphatic carbocycles. The highest BCUT2D eigenvalue weighted by Crippen LogP contribution is 2.30. The molecule has 0 amide bonds. The second-order valence-electron chi connectivity index (χ2n) is 5.31. The van der Waals surface area contributed by atoms with Crippen LogP contribution >= 0.6 is 0 Å². The molecule has 1 aromatic carbocycles. The van der Waals surface area contributed by atoms with Crippen molar-refractivity contribution in [3.05, 3.63) is 52.1 Å². The Morgan fingerprint density at radius 3 is 1.95 bits per heavy atom. The minimum Gasteiger partial charge on any atom is -0.0877 e. The predicted octanol–water partition coefficient (Wildman–Crippen LogP) is 5.92. The molecular weight excluding hydrogens is 240 g/mol. The number of allylic oxidation sites excluding steroid dienone is 4. The first kappa shape index (κ1) is 16.8. The van der Waals surface area contributed by atoms with Gasteiger partial charge < -0.3 is 0 Å². The van der Waals surface area contributed by atoms with E-state index in [-0.39, 0.29) is 0 Å². The Morgan fingerprint density at radius 1 is 0.900 bits per heavy atom. The van der Waals surface area contributed by atoms with Gasteiger partial charge in [0.2, 0.25) is 0 Å². The Hall–Kier alpha value is -1.30. The number of hydrogen-bond donors (Lipinski definition) is 0. The van der Waals surface area contributed by atoms with Crippen molar-refractivity contribution < 1.29 is 0 Å². The van der Waals surface area contributed by atoms with Gasteiger partial charge in [-0.25, -0.2) is 0 Å². The van der Waals surface area contributed by atoms with E-state index in [2.05, 4.69) is 65.8 Å². The van der Waals surface area contributed by atoms with Crippen molar-refractivity contribution in [3.63, 3.8) is 0 Å². The first-order chi connectivity index (χ1) is 9.64. The van der Waals surface area contributed by atoms with Crippen molar-refractivity contribution in [2.24, 2.45) is 0 Å². The zero-order chi connectivity index (χ0) is 15.1. The maximum Gasteiger partial charge on any atom is -0.0190 e. The highest BCUT2D eigenvalue weighted by atomic mass is 14.2. The topological polar surface area (TPSA) is 0 Å². The summed E-state index contributed by atoms with van der Waals surface area (Å²) in [6, 6.07) is 2.44. The first-order valence-corrected chi connectivity index (χ1v) is 8.10. The molecule has 0 spiro atoms. The summed E-state index contributed by atoms with van der Waals surface area (Å²) in [6.07, 6.45) is 11.0. The first-order valence-electron chi connectivity index (χ1n) is 8.10. The molecular formula is C20H30. The summed E-state index contributed by atoms with van der Waals surface area (Å²) in [6.45, 7) is 13.4. The molecule has 1 aromatic rings. The van der Waals surface area contributed by atoms with Crippen LogP contribution in [0.25, 0.3) is 5.57 Å². The third-order valence-electron chi connectivity index (χ3n) is 4.16. The standard InChI is InChI=1S/C20H30/c1-7-12-13-15(6)20-14-16(8-2)17(9-3)18(10-4)19(20)11-5/h7,12-14H,8-11H2,1-6H3. The Bertz CT molecular complexity index is 501. The van der Waals surface area contributed by atoms with Crippen molar-refractivity contribution in [3.8, 4) is 0 Å². The molecule has 20 heavy (non-hydrogen) atoms. The second kappa shape index (κ2) is 8.09. The van der Waals surface area contributed by atoms with E-state index in [4.69, 9.17) is 0 Å². The maximum atomic E-state index is 2.44.